The van der Waals surface area contributed by atoms with Gasteiger partial charge in [0.1, 0.15) is 6.10 Å². The Morgan fingerprint density at radius 1 is 1.38 bits per heavy atom. The van der Waals surface area contributed by atoms with Crippen molar-refractivity contribution >= 4 is 0 Å². The van der Waals surface area contributed by atoms with Crippen LogP contribution in [0.4, 0.5) is 0 Å². The van der Waals surface area contributed by atoms with Crippen LogP contribution < -0.4 is 10.1 Å². The van der Waals surface area contributed by atoms with Gasteiger partial charge in [-0.05, 0) is 25.0 Å². The molecule has 0 unspecified atom stereocenters. The van der Waals surface area contributed by atoms with Crippen molar-refractivity contribution in [1.29, 1.82) is 0 Å². The molecule has 0 saturated carbocycles. The highest BCUT2D eigenvalue weighted by Crippen LogP contribution is 2.11. The third-order valence-corrected chi connectivity index (χ3v) is 2.34. The van der Waals surface area contributed by atoms with E-state index in [0.717, 1.165) is 18.8 Å². The second-order valence-corrected chi connectivity index (χ2v) is 4.35. The maximum absolute atomic E-state index is 5.73. The molecule has 1 rings (SSSR count). The van der Waals surface area contributed by atoms with E-state index in [0.29, 0.717) is 6.04 Å². The van der Waals surface area contributed by atoms with Crippen LogP contribution in [0, 0.1) is 0 Å². The van der Waals surface area contributed by atoms with Crippen LogP contribution in [-0.2, 0) is 6.42 Å². The Balaban J connectivity index is 2.45. The zero-order valence-electron chi connectivity index (χ0n) is 10.7. The fourth-order valence-corrected chi connectivity index (χ4v) is 1.38. The van der Waals surface area contributed by atoms with Gasteiger partial charge in [-0.25, -0.2) is 4.98 Å². The van der Waals surface area contributed by atoms with Gasteiger partial charge < -0.3 is 10.1 Å². The molecule has 1 aromatic rings. The first-order valence-corrected chi connectivity index (χ1v) is 5.96. The van der Waals surface area contributed by atoms with E-state index >= 15 is 0 Å². The largest absolute Gasteiger partial charge is 0.473 e. The lowest BCUT2D eigenvalue weighted by Gasteiger charge is -2.16. The van der Waals surface area contributed by atoms with Crippen molar-refractivity contribution in [3.63, 3.8) is 0 Å². The van der Waals surface area contributed by atoms with Crippen LogP contribution in [0.5, 0.6) is 5.88 Å². The summed E-state index contributed by atoms with van der Waals surface area (Å²) in [6.45, 7) is 9.28. The minimum atomic E-state index is 0.141. The quantitative estimate of drug-likeness (QED) is 0.802. The van der Waals surface area contributed by atoms with E-state index in [9.17, 15) is 0 Å². The van der Waals surface area contributed by atoms with Crippen molar-refractivity contribution in [3.8, 4) is 5.88 Å². The molecule has 0 spiro atoms. The number of hydrogen-bond donors (Lipinski definition) is 1. The molecule has 0 amide bonds. The fraction of sp³-hybridized carbons (Fsp3) is 0.615. The van der Waals surface area contributed by atoms with E-state index in [1.807, 2.05) is 12.1 Å². The first-order valence-electron chi connectivity index (χ1n) is 5.96. The number of ether oxygens (including phenoxy) is 1. The molecule has 0 aliphatic carbocycles. The predicted molar refractivity (Wildman–Crippen MR) is 66.8 cm³/mol. The van der Waals surface area contributed by atoms with E-state index in [1.165, 1.54) is 5.56 Å². The van der Waals surface area contributed by atoms with E-state index in [2.05, 4.69) is 38.0 Å². The van der Waals surface area contributed by atoms with Crippen molar-refractivity contribution < 1.29 is 4.74 Å². The van der Waals surface area contributed by atoms with Crippen LogP contribution in [0.25, 0.3) is 0 Å². The third-order valence-electron chi connectivity index (χ3n) is 2.34. The Morgan fingerprint density at radius 2 is 2.12 bits per heavy atom. The number of aryl methyl sites for hydroxylation is 1. The van der Waals surface area contributed by atoms with Gasteiger partial charge in [0.05, 0.1) is 0 Å². The summed E-state index contributed by atoms with van der Waals surface area (Å²) in [5, 5.41) is 3.34. The number of aromatic nitrogens is 1. The highest BCUT2D eigenvalue weighted by atomic mass is 16.5. The van der Waals surface area contributed by atoms with Gasteiger partial charge in [-0.2, -0.15) is 0 Å². The van der Waals surface area contributed by atoms with E-state index in [1.54, 1.807) is 6.20 Å². The SMILES string of the molecule is CCc1ccnc(O[C@@H](C)CNC(C)C)c1. The third kappa shape index (κ3) is 4.62. The molecule has 0 aromatic carbocycles. The van der Waals surface area contributed by atoms with Crippen LogP contribution in [0.2, 0.25) is 0 Å². The standard InChI is InChI=1S/C13H22N2O/c1-5-12-6-7-14-13(8-12)16-11(4)9-15-10(2)3/h6-8,10-11,15H,5,9H2,1-4H3/t11-/m0/s1. The van der Waals surface area contributed by atoms with Crippen LogP contribution in [0.15, 0.2) is 18.3 Å². The van der Waals surface area contributed by atoms with Gasteiger partial charge in [0.2, 0.25) is 5.88 Å². The summed E-state index contributed by atoms with van der Waals surface area (Å²) in [4.78, 5) is 4.20. The Kier molecular flexibility index (Phi) is 5.26. The van der Waals surface area contributed by atoms with Gasteiger partial charge >= 0.3 is 0 Å². The number of hydrogen-bond acceptors (Lipinski definition) is 3. The Morgan fingerprint density at radius 3 is 2.75 bits per heavy atom. The summed E-state index contributed by atoms with van der Waals surface area (Å²) >= 11 is 0. The Labute approximate surface area is 98.2 Å². The second kappa shape index (κ2) is 6.48. The number of nitrogens with one attached hydrogen (secondary N) is 1. The summed E-state index contributed by atoms with van der Waals surface area (Å²) in [6.07, 6.45) is 2.95. The molecule has 1 heterocycles. The summed E-state index contributed by atoms with van der Waals surface area (Å²) in [5.74, 6) is 0.720. The molecule has 3 nitrogen and oxygen atoms in total. The van der Waals surface area contributed by atoms with Crippen molar-refractivity contribution in [2.75, 3.05) is 6.54 Å². The number of pyridine rings is 1. The van der Waals surface area contributed by atoms with Crippen LogP contribution in [-0.4, -0.2) is 23.7 Å². The van der Waals surface area contributed by atoms with Crippen molar-refractivity contribution in [3.05, 3.63) is 23.9 Å². The summed E-state index contributed by atoms with van der Waals surface area (Å²) in [6, 6.07) is 4.51. The molecule has 0 saturated heterocycles. The Bertz CT molecular complexity index is 313. The first kappa shape index (κ1) is 13.0. The first-order chi connectivity index (χ1) is 7.61. The van der Waals surface area contributed by atoms with Gasteiger partial charge in [0, 0.05) is 24.8 Å². The lowest BCUT2D eigenvalue weighted by molar-refractivity contribution is 0.205. The van der Waals surface area contributed by atoms with Crippen LogP contribution in [0.3, 0.4) is 0 Å². The van der Waals surface area contributed by atoms with E-state index in [-0.39, 0.29) is 6.10 Å². The van der Waals surface area contributed by atoms with Gasteiger partial charge in [0.25, 0.3) is 0 Å². The molecule has 0 radical (unpaired) electrons. The molecule has 3 heteroatoms. The zero-order valence-corrected chi connectivity index (χ0v) is 10.7. The molecule has 0 fully saturated rings. The molecule has 1 atom stereocenters. The average molecular weight is 222 g/mol. The van der Waals surface area contributed by atoms with Gasteiger partial charge in [0.15, 0.2) is 0 Å². The maximum Gasteiger partial charge on any atom is 0.213 e. The van der Waals surface area contributed by atoms with Gasteiger partial charge in [-0.1, -0.05) is 20.8 Å². The second-order valence-electron chi connectivity index (χ2n) is 4.35. The summed E-state index contributed by atoms with van der Waals surface area (Å²) in [5.41, 5.74) is 1.26. The Hall–Kier alpha value is -1.09. The predicted octanol–water partition coefficient (Wildman–Crippen LogP) is 2.41. The van der Waals surface area contributed by atoms with Gasteiger partial charge in [-0.3, -0.25) is 0 Å². The molecule has 0 bridgehead atoms. The fourth-order valence-electron chi connectivity index (χ4n) is 1.38. The lowest BCUT2D eigenvalue weighted by atomic mass is 10.2. The van der Waals surface area contributed by atoms with Crippen molar-refractivity contribution in [2.45, 2.75) is 46.3 Å². The van der Waals surface area contributed by atoms with Crippen molar-refractivity contribution in [1.82, 2.24) is 10.3 Å². The monoisotopic (exact) mass is 222 g/mol. The lowest BCUT2D eigenvalue weighted by Crippen LogP contribution is -2.33. The zero-order chi connectivity index (χ0) is 12.0. The molecular weight excluding hydrogens is 200 g/mol. The average Bonchev–Trinajstić information content (AvgIpc) is 2.26. The smallest absolute Gasteiger partial charge is 0.213 e. The molecular formula is C13H22N2O. The van der Waals surface area contributed by atoms with Crippen LogP contribution >= 0.6 is 0 Å². The number of nitrogens with zero attached hydrogens (tertiary/aromatic N) is 1. The minimum absolute atomic E-state index is 0.141. The normalized spacial score (nSPS) is 12.8. The summed E-state index contributed by atoms with van der Waals surface area (Å²) < 4.78 is 5.73. The maximum atomic E-state index is 5.73. The molecule has 90 valence electrons. The number of rotatable bonds is 6. The topological polar surface area (TPSA) is 34.1 Å². The molecule has 0 aliphatic heterocycles. The molecule has 1 N–H and O–H groups in total. The molecule has 0 aliphatic rings. The van der Waals surface area contributed by atoms with E-state index < -0.39 is 0 Å². The minimum Gasteiger partial charge on any atom is -0.473 e. The highest BCUT2D eigenvalue weighted by Gasteiger charge is 2.05. The molecule has 16 heavy (non-hydrogen) atoms. The van der Waals surface area contributed by atoms with E-state index in [4.69, 9.17) is 4.74 Å². The van der Waals surface area contributed by atoms with Crippen LogP contribution in [0.1, 0.15) is 33.3 Å². The molecule has 1 aromatic heterocycles. The summed E-state index contributed by atoms with van der Waals surface area (Å²) in [7, 11) is 0. The van der Waals surface area contributed by atoms with Gasteiger partial charge in [-0.15, -0.1) is 0 Å². The highest BCUT2D eigenvalue weighted by molar-refractivity contribution is 5.20. The van der Waals surface area contributed by atoms with Crippen molar-refractivity contribution in [2.24, 2.45) is 0 Å².